The van der Waals surface area contributed by atoms with E-state index >= 15 is 0 Å². The summed E-state index contributed by atoms with van der Waals surface area (Å²) in [5.41, 5.74) is -0.810. The zero-order valence-corrected chi connectivity index (χ0v) is 13.3. The van der Waals surface area contributed by atoms with E-state index in [1.165, 1.54) is 0 Å². The van der Waals surface area contributed by atoms with Gasteiger partial charge in [-0.25, -0.2) is 9.67 Å². The van der Waals surface area contributed by atoms with Crippen molar-refractivity contribution in [3.63, 3.8) is 0 Å². The number of rotatable bonds is 4. The van der Waals surface area contributed by atoms with Gasteiger partial charge in [-0.2, -0.15) is 13.2 Å². The number of hydrogen-bond donors (Lipinski definition) is 2. The highest BCUT2D eigenvalue weighted by Gasteiger charge is 2.33. The van der Waals surface area contributed by atoms with Crippen LogP contribution < -0.4 is 10.6 Å². The van der Waals surface area contributed by atoms with Gasteiger partial charge in [-0.1, -0.05) is 5.21 Å². The van der Waals surface area contributed by atoms with Crippen molar-refractivity contribution < 1.29 is 18.0 Å². The van der Waals surface area contributed by atoms with Gasteiger partial charge >= 0.3 is 6.18 Å². The summed E-state index contributed by atoms with van der Waals surface area (Å²) in [7, 11) is 0. The molecule has 0 atom stereocenters. The van der Waals surface area contributed by atoms with Crippen LogP contribution in [0, 0.1) is 0 Å². The molecule has 130 valence electrons. The fraction of sp³-hybridized carbons (Fsp3) is 0.538. The Morgan fingerprint density at radius 1 is 1.42 bits per heavy atom. The van der Waals surface area contributed by atoms with E-state index in [0.717, 1.165) is 42.6 Å². The van der Waals surface area contributed by atoms with Gasteiger partial charge in [0.15, 0.2) is 11.4 Å². The van der Waals surface area contributed by atoms with Crippen LogP contribution >= 0.6 is 11.3 Å². The van der Waals surface area contributed by atoms with Gasteiger partial charge in [0.05, 0.1) is 18.8 Å². The maximum absolute atomic E-state index is 12.5. The van der Waals surface area contributed by atoms with Gasteiger partial charge in [0.25, 0.3) is 5.91 Å². The molecule has 0 spiro atoms. The molecule has 0 aliphatic carbocycles. The minimum atomic E-state index is -4.48. The van der Waals surface area contributed by atoms with Crippen molar-refractivity contribution in [1.29, 1.82) is 0 Å². The van der Waals surface area contributed by atoms with Crippen molar-refractivity contribution in [3.8, 4) is 0 Å². The van der Waals surface area contributed by atoms with E-state index in [1.54, 1.807) is 10.9 Å². The SMILES string of the molecule is O=C(NCc1nc(C(F)(F)F)cs1)c1cn(C2CCNCC2)nn1. The van der Waals surface area contributed by atoms with Crippen LogP contribution in [0.4, 0.5) is 13.2 Å². The Bertz CT molecular complexity index is 707. The summed E-state index contributed by atoms with van der Waals surface area (Å²) in [5.74, 6) is -0.487. The fourth-order valence-electron chi connectivity index (χ4n) is 2.40. The number of carbonyl (C=O) groups is 1. The molecule has 1 amide bonds. The molecule has 7 nitrogen and oxygen atoms in total. The lowest BCUT2D eigenvalue weighted by atomic mass is 10.1. The smallest absolute Gasteiger partial charge is 0.344 e. The summed E-state index contributed by atoms with van der Waals surface area (Å²) in [5, 5.41) is 14.7. The van der Waals surface area contributed by atoms with Gasteiger partial charge in [0.2, 0.25) is 0 Å². The first-order chi connectivity index (χ1) is 11.4. The first-order valence-electron chi connectivity index (χ1n) is 7.36. The summed E-state index contributed by atoms with van der Waals surface area (Å²) in [4.78, 5) is 15.5. The van der Waals surface area contributed by atoms with Crippen molar-refractivity contribution in [2.24, 2.45) is 0 Å². The zero-order valence-electron chi connectivity index (χ0n) is 12.5. The third-order valence-electron chi connectivity index (χ3n) is 3.67. The number of amides is 1. The number of aromatic nitrogens is 4. The maximum Gasteiger partial charge on any atom is 0.434 e. The van der Waals surface area contributed by atoms with Gasteiger partial charge in [0.1, 0.15) is 5.01 Å². The molecule has 1 aliphatic rings. The van der Waals surface area contributed by atoms with Crippen molar-refractivity contribution in [2.75, 3.05) is 13.1 Å². The van der Waals surface area contributed by atoms with Crippen LogP contribution in [0.5, 0.6) is 0 Å². The summed E-state index contributed by atoms with van der Waals surface area (Å²) < 4.78 is 39.1. The predicted molar refractivity (Wildman–Crippen MR) is 79.4 cm³/mol. The lowest BCUT2D eigenvalue weighted by molar-refractivity contribution is -0.140. The number of nitrogens with one attached hydrogen (secondary N) is 2. The number of thiazole rings is 1. The molecule has 0 bridgehead atoms. The van der Waals surface area contributed by atoms with Gasteiger partial charge < -0.3 is 10.6 Å². The van der Waals surface area contributed by atoms with Crippen LogP contribution in [0.3, 0.4) is 0 Å². The summed E-state index contributed by atoms with van der Waals surface area (Å²) >= 11 is 0.848. The second-order valence-corrected chi connectivity index (χ2v) is 6.31. The highest BCUT2D eigenvalue weighted by atomic mass is 32.1. The number of halogens is 3. The number of alkyl halides is 3. The summed E-state index contributed by atoms with van der Waals surface area (Å²) in [6, 6.07) is 0.202. The van der Waals surface area contributed by atoms with Crippen LogP contribution in [-0.4, -0.2) is 39.0 Å². The largest absolute Gasteiger partial charge is 0.434 e. The minimum absolute atomic E-state index is 0.0835. The van der Waals surface area contributed by atoms with Gasteiger partial charge in [-0.05, 0) is 25.9 Å². The van der Waals surface area contributed by atoms with E-state index in [9.17, 15) is 18.0 Å². The second kappa shape index (κ2) is 6.85. The Balaban J connectivity index is 1.57. The number of hydrogen-bond acceptors (Lipinski definition) is 6. The highest BCUT2D eigenvalue weighted by Crippen LogP contribution is 2.29. The standard InChI is InChI=1S/C13H15F3N6OS/c14-13(15,16)10-7-24-11(19-10)5-18-12(23)9-6-22(21-20-9)8-1-3-17-4-2-8/h6-8,17H,1-5H2,(H,18,23). The summed E-state index contributed by atoms with van der Waals surface area (Å²) in [6.07, 6.45) is -1.10. The molecule has 11 heteroatoms. The zero-order chi connectivity index (χ0) is 17.2. The second-order valence-electron chi connectivity index (χ2n) is 5.37. The Labute approximate surface area is 139 Å². The molecule has 24 heavy (non-hydrogen) atoms. The highest BCUT2D eigenvalue weighted by molar-refractivity contribution is 7.09. The molecule has 0 unspecified atom stereocenters. The Morgan fingerprint density at radius 3 is 2.83 bits per heavy atom. The van der Waals surface area contributed by atoms with Crippen molar-refractivity contribution >= 4 is 17.2 Å². The average Bonchev–Trinajstić information content (AvgIpc) is 3.22. The van der Waals surface area contributed by atoms with Gasteiger partial charge in [0, 0.05) is 5.38 Å². The molecule has 1 fully saturated rings. The third-order valence-corrected chi connectivity index (χ3v) is 4.52. The molecule has 1 aliphatic heterocycles. The monoisotopic (exact) mass is 360 g/mol. The van der Waals surface area contributed by atoms with Crippen LogP contribution in [0.25, 0.3) is 0 Å². The van der Waals surface area contributed by atoms with Crippen LogP contribution in [0.15, 0.2) is 11.6 Å². The van der Waals surface area contributed by atoms with E-state index in [4.69, 9.17) is 0 Å². The molecule has 2 N–H and O–H groups in total. The molecule has 0 aromatic carbocycles. The molecule has 2 aromatic rings. The summed E-state index contributed by atoms with van der Waals surface area (Å²) in [6.45, 7) is 1.69. The first-order valence-corrected chi connectivity index (χ1v) is 8.24. The lowest BCUT2D eigenvalue weighted by Crippen LogP contribution is -2.29. The minimum Gasteiger partial charge on any atom is -0.344 e. The number of piperidine rings is 1. The molecular formula is C13H15F3N6OS. The lowest BCUT2D eigenvalue weighted by Gasteiger charge is -2.22. The third kappa shape index (κ3) is 3.90. The van der Waals surface area contributed by atoms with E-state index < -0.39 is 17.8 Å². The van der Waals surface area contributed by atoms with Gasteiger partial charge in [-0.15, -0.1) is 16.4 Å². The molecule has 0 saturated carbocycles. The molecule has 3 heterocycles. The first kappa shape index (κ1) is 16.8. The van der Waals surface area contributed by atoms with E-state index in [-0.39, 0.29) is 23.3 Å². The van der Waals surface area contributed by atoms with Crippen LogP contribution in [0.1, 0.15) is 40.1 Å². The van der Waals surface area contributed by atoms with Crippen molar-refractivity contribution in [2.45, 2.75) is 31.6 Å². The molecule has 1 saturated heterocycles. The van der Waals surface area contributed by atoms with E-state index in [1.807, 2.05) is 0 Å². The van der Waals surface area contributed by atoms with Crippen LogP contribution in [-0.2, 0) is 12.7 Å². The maximum atomic E-state index is 12.5. The molecular weight excluding hydrogens is 345 g/mol. The fourth-order valence-corrected chi connectivity index (χ4v) is 3.14. The van der Waals surface area contributed by atoms with Crippen LogP contribution in [0.2, 0.25) is 0 Å². The quantitative estimate of drug-likeness (QED) is 0.865. The van der Waals surface area contributed by atoms with Gasteiger partial charge in [-0.3, -0.25) is 4.79 Å². The average molecular weight is 360 g/mol. The Morgan fingerprint density at radius 2 is 2.17 bits per heavy atom. The molecule has 0 radical (unpaired) electrons. The van der Waals surface area contributed by atoms with E-state index in [2.05, 4.69) is 25.9 Å². The molecule has 2 aromatic heterocycles. The Hall–Kier alpha value is -2.01. The topological polar surface area (TPSA) is 84.7 Å². The number of nitrogens with zero attached hydrogens (tertiary/aromatic N) is 4. The normalized spacial score (nSPS) is 16.3. The van der Waals surface area contributed by atoms with Crippen molar-refractivity contribution in [3.05, 3.63) is 28.0 Å². The molecule has 3 rings (SSSR count). The predicted octanol–water partition coefficient (Wildman–Crippen LogP) is 1.61. The number of carbonyl (C=O) groups excluding carboxylic acids is 1. The Kier molecular flexibility index (Phi) is 4.81. The van der Waals surface area contributed by atoms with Crippen molar-refractivity contribution in [1.82, 2.24) is 30.6 Å². The van der Waals surface area contributed by atoms with E-state index in [0.29, 0.717) is 0 Å².